The zero-order valence-electron chi connectivity index (χ0n) is 12.9. The van der Waals surface area contributed by atoms with Crippen LogP contribution in [0, 0.1) is 19.7 Å². The highest BCUT2D eigenvalue weighted by atomic mass is 32.2. The zero-order chi connectivity index (χ0) is 15.9. The Morgan fingerprint density at radius 3 is 2.52 bits per heavy atom. The topological polar surface area (TPSA) is 66.6 Å². The third-order valence-electron chi connectivity index (χ3n) is 4.16. The average Bonchev–Trinajstić information content (AvgIpc) is 2.86. The van der Waals surface area contributed by atoms with Crippen molar-refractivity contribution in [2.75, 3.05) is 32.9 Å². The molecule has 1 fully saturated rings. The van der Waals surface area contributed by atoms with Gasteiger partial charge in [0.15, 0.2) is 0 Å². The maximum Gasteiger partial charge on any atom is 0.243 e. The molecule has 0 aromatic heterocycles. The molecule has 0 spiro atoms. The average molecular weight is 315 g/mol. The van der Waals surface area contributed by atoms with Crippen LogP contribution in [0.1, 0.15) is 17.5 Å². The van der Waals surface area contributed by atoms with Crippen molar-refractivity contribution in [1.29, 1.82) is 0 Å². The van der Waals surface area contributed by atoms with Gasteiger partial charge in [-0.05, 0) is 51.6 Å². The molecule has 0 amide bonds. The van der Waals surface area contributed by atoms with Crippen LogP contribution >= 0.6 is 0 Å². The molecule has 1 aromatic carbocycles. The van der Waals surface area contributed by atoms with E-state index >= 15 is 0 Å². The summed E-state index contributed by atoms with van der Waals surface area (Å²) in [6.45, 7) is 4.08. The van der Waals surface area contributed by atoms with Gasteiger partial charge in [-0.3, -0.25) is 0 Å². The molecule has 1 unspecified atom stereocenters. The minimum absolute atomic E-state index is 0.0949. The van der Waals surface area contributed by atoms with Crippen LogP contribution in [0.4, 0.5) is 10.1 Å². The fourth-order valence-electron chi connectivity index (χ4n) is 2.81. The molecule has 1 aliphatic rings. The number of halogens is 1. The van der Waals surface area contributed by atoms with Gasteiger partial charge in [-0.2, -0.15) is 4.31 Å². The summed E-state index contributed by atoms with van der Waals surface area (Å²) < 4.78 is 40.8. The van der Waals surface area contributed by atoms with Crippen molar-refractivity contribution in [2.45, 2.75) is 31.2 Å². The first-order chi connectivity index (χ1) is 9.66. The summed E-state index contributed by atoms with van der Waals surface area (Å²) in [6.07, 6.45) is 0.793. The van der Waals surface area contributed by atoms with Crippen molar-refractivity contribution in [1.82, 2.24) is 9.21 Å². The molecular formula is C14H22FN3O2S. The first-order valence-corrected chi connectivity index (χ1v) is 8.32. The third-order valence-corrected chi connectivity index (χ3v) is 6.31. The second-order valence-corrected chi connectivity index (χ2v) is 7.69. The predicted molar refractivity (Wildman–Crippen MR) is 81.1 cm³/mol. The fourth-order valence-corrected chi connectivity index (χ4v) is 4.74. The molecule has 1 aliphatic heterocycles. The van der Waals surface area contributed by atoms with E-state index in [1.54, 1.807) is 13.8 Å². The molecule has 21 heavy (non-hydrogen) atoms. The maximum atomic E-state index is 13.6. The molecule has 0 radical (unpaired) electrons. The molecule has 0 saturated carbocycles. The number of nitrogen functional groups attached to an aromatic ring is 1. The fraction of sp³-hybridized carbons (Fsp3) is 0.571. The summed E-state index contributed by atoms with van der Waals surface area (Å²) in [5.74, 6) is -0.573. The lowest BCUT2D eigenvalue weighted by molar-refractivity contribution is 0.302. The highest BCUT2D eigenvalue weighted by Gasteiger charge is 2.35. The third kappa shape index (κ3) is 2.77. The Morgan fingerprint density at radius 2 is 2.00 bits per heavy atom. The van der Waals surface area contributed by atoms with Crippen molar-refractivity contribution in [2.24, 2.45) is 0 Å². The number of likely N-dealkylation sites (N-methyl/N-ethyl adjacent to an activating group) is 1. The van der Waals surface area contributed by atoms with Gasteiger partial charge in [-0.1, -0.05) is 0 Å². The Balaban J connectivity index is 2.45. The van der Waals surface area contributed by atoms with Gasteiger partial charge in [0.1, 0.15) is 5.82 Å². The van der Waals surface area contributed by atoms with Gasteiger partial charge >= 0.3 is 0 Å². The highest BCUT2D eigenvalue weighted by Crippen LogP contribution is 2.31. The molecule has 118 valence electrons. The predicted octanol–water partition coefficient (Wildman–Crippen LogP) is 1.35. The van der Waals surface area contributed by atoms with E-state index in [1.165, 1.54) is 10.4 Å². The summed E-state index contributed by atoms with van der Waals surface area (Å²) in [5.41, 5.74) is 6.25. The van der Waals surface area contributed by atoms with Crippen LogP contribution in [0.2, 0.25) is 0 Å². The molecule has 0 bridgehead atoms. The summed E-state index contributed by atoms with van der Waals surface area (Å²) >= 11 is 0. The molecule has 1 saturated heterocycles. The van der Waals surface area contributed by atoms with Crippen LogP contribution in [-0.2, 0) is 10.0 Å². The largest absolute Gasteiger partial charge is 0.396 e. The van der Waals surface area contributed by atoms with E-state index in [9.17, 15) is 12.8 Å². The first kappa shape index (κ1) is 16.2. The molecule has 1 aromatic rings. The van der Waals surface area contributed by atoms with Gasteiger partial charge in [-0.15, -0.1) is 0 Å². The van der Waals surface area contributed by atoms with E-state index in [0.717, 1.165) is 6.42 Å². The van der Waals surface area contributed by atoms with Crippen molar-refractivity contribution in [3.05, 3.63) is 23.0 Å². The van der Waals surface area contributed by atoms with Crippen LogP contribution in [0.25, 0.3) is 0 Å². The number of rotatable bonds is 3. The monoisotopic (exact) mass is 315 g/mol. The van der Waals surface area contributed by atoms with Crippen LogP contribution in [-0.4, -0.2) is 50.8 Å². The number of nitrogens with two attached hydrogens (primary N) is 1. The van der Waals surface area contributed by atoms with E-state index < -0.39 is 15.8 Å². The van der Waals surface area contributed by atoms with Crippen molar-refractivity contribution < 1.29 is 12.8 Å². The Labute approximate surface area is 125 Å². The molecule has 7 heteroatoms. The summed E-state index contributed by atoms with van der Waals surface area (Å²) in [4.78, 5) is 2.16. The van der Waals surface area contributed by atoms with Crippen LogP contribution in [0.3, 0.4) is 0 Å². The molecule has 1 atom stereocenters. The molecule has 2 N–H and O–H groups in total. The first-order valence-electron chi connectivity index (χ1n) is 6.88. The smallest absolute Gasteiger partial charge is 0.243 e. The van der Waals surface area contributed by atoms with Crippen LogP contribution < -0.4 is 5.73 Å². The van der Waals surface area contributed by atoms with Crippen LogP contribution in [0.5, 0.6) is 0 Å². The summed E-state index contributed by atoms with van der Waals surface area (Å²) in [6, 6.07) is 1.40. The van der Waals surface area contributed by atoms with Crippen LogP contribution in [0.15, 0.2) is 11.0 Å². The van der Waals surface area contributed by atoms with Gasteiger partial charge in [0.2, 0.25) is 10.0 Å². The number of hydrogen-bond donors (Lipinski definition) is 1. The number of sulfonamides is 1. The minimum Gasteiger partial charge on any atom is -0.396 e. The van der Waals surface area contributed by atoms with E-state index in [0.29, 0.717) is 24.2 Å². The number of anilines is 1. The van der Waals surface area contributed by atoms with Gasteiger partial charge in [0.05, 0.1) is 10.6 Å². The molecular weight excluding hydrogens is 293 g/mol. The second kappa shape index (κ2) is 5.55. The standard InChI is InChI=1S/C14H22FN3O2S/c1-9-7-12(15)13(16)10(2)14(9)21(19,20)18-6-5-11(8-18)17(3)4/h7,11H,5-6,8,16H2,1-4H3. The molecule has 5 nitrogen and oxygen atoms in total. The number of aryl methyl sites for hydroxylation is 1. The zero-order valence-corrected chi connectivity index (χ0v) is 13.7. The normalized spacial score (nSPS) is 20.4. The summed E-state index contributed by atoms with van der Waals surface area (Å²) in [5, 5.41) is 0. The van der Waals surface area contributed by atoms with E-state index in [1.807, 2.05) is 19.0 Å². The molecule has 1 heterocycles. The van der Waals surface area contributed by atoms with E-state index in [-0.39, 0.29) is 16.6 Å². The highest BCUT2D eigenvalue weighted by molar-refractivity contribution is 7.89. The Kier molecular flexibility index (Phi) is 4.28. The molecule has 0 aliphatic carbocycles. The van der Waals surface area contributed by atoms with Gasteiger partial charge < -0.3 is 10.6 Å². The lowest BCUT2D eigenvalue weighted by Crippen LogP contribution is -2.35. The van der Waals surface area contributed by atoms with E-state index in [4.69, 9.17) is 5.73 Å². The number of nitrogens with zero attached hydrogens (tertiary/aromatic N) is 2. The Morgan fingerprint density at radius 1 is 1.38 bits per heavy atom. The Hall–Kier alpha value is -1.18. The lowest BCUT2D eigenvalue weighted by Gasteiger charge is -2.22. The van der Waals surface area contributed by atoms with Crippen molar-refractivity contribution >= 4 is 15.7 Å². The van der Waals surface area contributed by atoms with Crippen molar-refractivity contribution in [3.63, 3.8) is 0 Å². The van der Waals surface area contributed by atoms with Gasteiger partial charge in [0.25, 0.3) is 0 Å². The van der Waals surface area contributed by atoms with Gasteiger partial charge in [-0.25, -0.2) is 12.8 Å². The van der Waals surface area contributed by atoms with E-state index in [2.05, 4.69) is 0 Å². The molecule has 2 rings (SSSR count). The minimum atomic E-state index is -3.65. The number of hydrogen-bond acceptors (Lipinski definition) is 4. The lowest BCUT2D eigenvalue weighted by atomic mass is 10.1. The summed E-state index contributed by atoms with van der Waals surface area (Å²) in [7, 11) is 0.230. The second-order valence-electron chi connectivity index (χ2n) is 5.81. The SMILES string of the molecule is Cc1cc(F)c(N)c(C)c1S(=O)(=O)N1CCC(N(C)C)C1. The quantitative estimate of drug-likeness (QED) is 0.855. The van der Waals surface area contributed by atoms with Gasteiger partial charge in [0, 0.05) is 19.1 Å². The maximum absolute atomic E-state index is 13.6. The number of benzene rings is 1. The van der Waals surface area contributed by atoms with Crippen molar-refractivity contribution in [3.8, 4) is 0 Å². The Bertz CT molecular complexity index is 659.